The van der Waals surface area contributed by atoms with Crippen LogP contribution in [0.1, 0.15) is 15.9 Å². The highest BCUT2D eigenvalue weighted by atomic mass is 79.9. The Kier molecular flexibility index (Phi) is 3.56. The minimum atomic E-state index is -4.49. The van der Waals surface area contributed by atoms with Crippen LogP contribution in [-0.2, 0) is 6.18 Å². The molecule has 0 aliphatic heterocycles. The number of carbonyl (C=O) groups excluding carboxylic acids is 1. The fraction of sp³-hybridized carbons (Fsp3) is 0.0625. The molecule has 6 heteroatoms. The van der Waals surface area contributed by atoms with Gasteiger partial charge in [-0.25, -0.2) is 0 Å². The van der Waals surface area contributed by atoms with Gasteiger partial charge >= 0.3 is 6.18 Å². The van der Waals surface area contributed by atoms with Crippen molar-refractivity contribution in [1.82, 2.24) is 4.98 Å². The standard InChI is InChI=1S/C16H9BrF3NO/c17-13-7-3-5-9-11(8-22)14(21-15(9)13)10-4-1-2-6-12(10)16(18,19)20/h1-8,21H. The number of rotatable bonds is 2. The third kappa shape index (κ3) is 2.33. The van der Waals surface area contributed by atoms with Crippen molar-refractivity contribution < 1.29 is 18.0 Å². The van der Waals surface area contributed by atoms with Crippen LogP contribution in [0.4, 0.5) is 13.2 Å². The second kappa shape index (κ2) is 5.28. The van der Waals surface area contributed by atoms with E-state index in [2.05, 4.69) is 20.9 Å². The maximum Gasteiger partial charge on any atom is 0.417 e. The van der Waals surface area contributed by atoms with Crippen LogP contribution in [0, 0.1) is 0 Å². The molecule has 0 radical (unpaired) electrons. The topological polar surface area (TPSA) is 32.9 Å². The smallest absolute Gasteiger partial charge is 0.353 e. The first kappa shape index (κ1) is 14.8. The second-order valence-corrected chi connectivity index (χ2v) is 5.59. The molecule has 2 aromatic carbocycles. The molecule has 0 unspecified atom stereocenters. The van der Waals surface area contributed by atoms with Gasteiger partial charge in [0.1, 0.15) is 0 Å². The van der Waals surface area contributed by atoms with Crippen LogP contribution in [0.3, 0.4) is 0 Å². The number of aldehydes is 1. The molecule has 0 aliphatic carbocycles. The third-order valence-electron chi connectivity index (χ3n) is 3.44. The number of hydrogen-bond donors (Lipinski definition) is 1. The first-order valence-corrected chi connectivity index (χ1v) is 7.14. The molecule has 2 nitrogen and oxygen atoms in total. The SMILES string of the molecule is O=Cc1c(-c2ccccc2C(F)(F)F)[nH]c2c(Br)cccc12. The van der Waals surface area contributed by atoms with Gasteiger partial charge in [0.05, 0.1) is 16.8 Å². The van der Waals surface area contributed by atoms with Crippen LogP contribution in [-0.4, -0.2) is 11.3 Å². The number of para-hydroxylation sites is 1. The zero-order valence-corrected chi connectivity index (χ0v) is 12.6. The van der Waals surface area contributed by atoms with E-state index in [-0.39, 0.29) is 16.8 Å². The van der Waals surface area contributed by atoms with Crippen LogP contribution in [0.5, 0.6) is 0 Å². The van der Waals surface area contributed by atoms with E-state index in [1.54, 1.807) is 18.2 Å². The van der Waals surface area contributed by atoms with Crippen LogP contribution < -0.4 is 0 Å². The molecule has 0 atom stereocenters. The number of benzene rings is 2. The summed E-state index contributed by atoms with van der Waals surface area (Å²) in [5, 5.41) is 0.580. The monoisotopic (exact) mass is 367 g/mol. The summed E-state index contributed by atoms with van der Waals surface area (Å²) < 4.78 is 40.3. The highest BCUT2D eigenvalue weighted by Gasteiger charge is 2.34. The van der Waals surface area contributed by atoms with E-state index >= 15 is 0 Å². The van der Waals surface area contributed by atoms with Gasteiger partial charge in [-0.1, -0.05) is 30.3 Å². The number of H-pyrrole nitrogens is 1. The molecule has 3 aromatic rings. The van der Waals surface area contributed by atoms with Crippen molar-refractivity contribution in [2.75, 3.05) is 0 Å². The van der Waals surface area contributed by atoms with Crippen molar-refractivity contribution >= 4 is 33.1 Å². The lowest BCUT2D eigenvalue weighted by molar-refractivity contribution is -0.137. The molecule has 0 amide bonds. The Labute approximate surface area is 132 Å². The Balaban J connectivity index is 2.37. The third-order valence-corrected chi connectivity index (χ3v) is 4.10. The van der Waals surface area contributed by atoms with Gasteiger partial charge < -0.3 is 4.98 Å². The number of aromatic nitrogens is 1. The lowest BCUT2D eigenvalue weighted by Gasteiger charge is -2.12. The average Bonchev–Trinajstić information content (AvgIpc) is 2.86. The number of hydrogen-bond acceptors (Lipinski definition) is 1. The van der Waals surface area contributed by atoms with Gasteiger partial charge in [0.25, 0.3) is 0 Å². The molecule has 0 saturated carbocycles. The summed E-state index contributed by atoms with van der Waals surface area (Å²) in [7, 11) is 0. The van der Waals surface area contributed by atoms with E-state index in [9.17, 15) is 18.0 Å². The lowest BCUT2D eigenvalue weighted by Crippen LogP contribution is -2.07. The molecule has 0 bridgehead atoms. The number of fused-ring (bicyclic) bond motifs is 1. The van der Waals surface area contributed by atoms with E-state index in [0.29, 0.717) is 21.7 Å². The molecular formula is C16H9BrF3NO. The molecule has 0 fully saturated rings. The van der Waals surface area contributed by atoms with E-state index in [0.717, 1.165) is 6.07 Å². The van der Waals surface area contributed by atoms with E-state index < -0.39 is 11.7 Å². The van der Waals surface area contributed by atoms with Gasteiger partial charge in [0.2, 0.25) is 0 Å². The summed E-state index contributed by atoms with van der Waals surface area (Å²) in [4.78, 5) is 14.4. The molecular weight excluding hydrogens is 359 g/mol. The van der Waals surface area contributed by atoms with Crippen molar-refractivity contribution in [3.63, 3.8) is 0 Å². The van der Waals surface area contributed by atoms with Crippen molar-refractivity contribution in [2.24, 2.45) is 0 Å². The Morgan fingerprint density at radius 3 is 2.45 bits per heavy atom. The molecule has 0 saturated heterocycles. The summed E-state index contributed by atoms with van der Waals surface area (Å²) in [5.41, 5.74) is 0.162. The zero-order valence-electron chi connectivity index (χ0n) is 11.0. The quantitative estimate of drug-likeness (QED) is 0.602. The number of aromatic amines is 1. The van der Waals surface area contributed by atoms with Crippen LogP contribution in [0.15, 0.2) is 46.9 Å². The van der Waals surface area contributed by atoms with Gasteiger partial charge in [0.15, 0.2) is 6.29 Å². The highest BCUT2D eigenvalue weighted by Crippen LogP contribution is 2.40. The van der Waals surface area contributed by atoms with E-state index in [1.165, 1.54) is 18.2 Å². The molecule has 0 spiro atoms. The number of nitrogens with one attached hydrogen (secondary N) is 1. The molecule has 1 N–H and O–H groups in total. The fourth-order valence-electron chi connectivity index (χ4n) is 2.49. The molecule has 1 aromatic heterocycles. The van der Waals surface area contributed by atoms with Crippen molar-refractivity contribution in [2.45, 2.75) is 6.18 Å². The average molecular weight is 368 g/mol. The number of alkyl halides is 3. The maximum atomic E-state index is 13.2. The Bertz CT molecular complexity index is 867. The molecule has 3 rings (SSSR count). The Morgan fingerprint density at radius 2 is 1.77 bits per heavy atom. The van der Waals surface area contributed by atoms with Crippen molar-refractivity contribution in [3.8, 4) is 11.3 Å². The maximum absolute atomic E-state index is 13.2. The summed E-state index contributed by atoms with van der Waals surface area (Å²) in [5.74, 6) is 0. The Hall–Kier alpha value is -2.08. The van der Waals surface area contributed by atoms with Gasteiger partial charge in [-0.3, -0.25) is 4.79 Å². The molecule has 1 heterocycles. The Morgan fingerprint density at radius 1 is 1.05 bits per heavy atom. The van der Waals surface area contributed by atoms with Crippen LogP contribution >= 0.6 is 15.9 Å². The van der Waals surface area contributed by atoms with E-state index in [1.807, 2.05) is 0 Å². The first-order valence-electron chi connectivity index (χ1n) is 6.35. The molecule has 0 aliphatic rings. The lowest BCUT2D eigenvalue weighted by atomic mass is 10.0. The summed E-state index contributed by atoms with van der Waals surface area (Å²) >= 11 is 3.33. The van der Waals surface area contributed by atoms with Gasteiger partial charge in [-0.2, -0.15) is 13.2 Å². The first-order chi connectivity index (χ1) is 10.4. The predicted octanol–water partition coefficient (Wildman–Crippen LogP) is 5.43. The molecule has 112 valence electrons. The number of halogens is 4. The van der Waals surface area contributed by atoms with Crippen molar-refractivity contribution in [1.29, 1.82) is 0 Å². The largest absolute Gasteiger partial charge is 0.417 e. The normalized spacial score (nSPS) is 11.8. The number of carbonyl (C=O) groups is 1. The van der Waals surface area contributed by atoms with Gasteiger partial charge in [-0.05, 0) is 28.1 Å². The van der Waals surface area contributed by atoms with Gasteiger partial charge in [0, 0.05) is 21.0 Å². The summed E-state index contributed by atoms with van der Waals surface area (Å²) in [6, 6.07) is 10.4. The summed E-state index contributed by atoms with van der Waals surface area (Å²) in [6.45, 7) is 0. The summed E-state index contributed by atoms with van der Waals surface area (Å²) in [6.07, 6.45) is -3.92. The van der Waals surface area contributed by atoms with E-state index in [4.69, 9.17) is 0 Å². The zero-order chi connectivity index (χ0) is 15.9. The van der Waals surface area contributed by atoms with Crippen LogP contribution in [0.2, 0.25) is 0 Å². The highest BCUT2D eigenvalue weighted by molar-refractivity contribution is 9.10. The minimum Gasteiger partial charge on any atom is -0.353 e. The fourth-order valence-corrected chi connectivity index (χ4v) is 2.95. The van der Waals surface area contributed by atoms with Crippen LogP contribution in [0.25, 0.3) is 22.2 Å². The predicted molar refractivity (Wildman–Crippen MR) is 81.8 cm³/mol. The van der Waals surface area contributed by atoms with Crippen molar-refractivity contribution in [3.05, 3.63) is 58.1 Å². The molecule has 22 heavy (non-hydrogen) atoms. The second-order valence-electron chi connectivity index (χ2n) is 4.74. The minimum absolute atomic E-state index is 0.0415. The van der Waals surface area contributed by atoms with Gasteiger partial charge in [-0.15, -0.1) is 0 Å².